The Morgan fingerprint density at radius 3 is 2.13 bits per heavy atom. The van der Waals surface area contributed by atoms with Gasteiger partial charge < -0.3 is 15.2 Å². The third-order valence-electron chi connectivity index (χ3n) is 3.60. The summed E-state index contributed by atoms with van der Waals surface area (Å²) in [5, 5.41) is 0. The van der Waals surface area contributed by atoms with Crippen LogP contribution in [-0.4, -0.2) is 30.0 Å². The van der Waals surface area contributed by atoms with Crippen molar-refractivity contribution in [1.82, 2.24) is 0 Å². The van der Waals surface area contributed by atoms with Gasteiger partial charge in [0.2, 0.25) is 0 Å². The Bertz CT molecular complexity index is 226. The van der Waals surface area contributed by atoms with E-state index in [1.54, 1.807) is 0 Å². The molecule has 0 amide bonds. The van der Waals surface area contributed by atoms with Gasteiger partial charge in [-0.15, -0.1) is 0 Å². The summed E-state index contributed by atoms with van der Waals surface area (Å²) in [6, 6.07) is 0. The van der Waals surface area contributed by atoms with Crippen molar-refractivity contribution in [3.8, 4) is 0 Å². The maximum atomic E-state index is 6.20. The fourth-order valence-corrected chi connectivity index (χ4v) is 1.87. The maximum absolute atomic E-state index is 6.20. The van der Waals surface area contributed by atoms with Crippen LogP contribution in [0.5, 0.6) is 0 Å². The number of ether oxygens (including phenoxy) is 2. The lowest BCUT2D eigenvalue weighted by atomic mass is 9.85. The number of hydrogen-bond donors (Lipinski definition) is 1. The van der Waals surface area contributed by atoms with Gasteiger partial charge in [-0.1, -0.05) is 0 Å². The highest BCUT2D eigenvalue weighted by atomic mass is 16.6. The molecule has 1 fully saturated rings. The molecule has 0 aromatic rings. The van der Waals surface area contributed by atoms with Crippen LogP contribution in [0.15, 0.2) is 0 Å². The van der Waals surface area contributed by atoms with Crippen LogP contribution in [0.2, 0.25) is 0 Å². The molecule has 1 saturated heterocycles. The number of rotatable bonds is 3. The second-order valence-corrected chi connectivity index (χ2v) is 5.75. The molecular weight excluding hydrogens is 190 g/mol. The van der Waals surface area contributed by atoms with Crippen molar-refractivity contribution in [3.05, 3.63) is 0 Å². The minimum absolute atomic E-state index is 0.182. The van der Waals surface area contributed by atoms with Gasteiger partial charge in [-0.25, -0.2) is 0 Å². The van der Waals surface area contributed by atoms with Crippen molar-refractivity contribution in [1.29, 1.82) is 0 Å². The molecule has 0 saturated carbocycles. The molecule has 0 radical (unpaired) electrons. The van der Waals surface area contributed by atoms with E-state index in [1.165, 1.54) is 0 Å². The fourth-order valence-electron chi connectivity index (χ4n) is 1.87. The van der Waals surface area contributed by atoms with E-state index in [9.17, 15) is 0 Å². The lowest BCUT2D eigenvalue weighted by molar-refractivity contribution is -0.299. The van der Waals surface area contributed by atoms with Crippen LogP contribution >= 0.6 is 0 Å². The van der Waals surface area contributed by atoms with Gasteiger partial charge in [0.05, 0.1) is 23.4 Å². The van der Waals surface area contributed by atoms with Crippen LogP contribution in [-0.2, 0) is 9.47 Å². The zero-order valence-corrected chi connectivity index (χ0v) is 10.7. The standard InChI is InChI=1S/C12H25NO2/c1-10(2)11(3,4)15-12(5,9-14-10)7-6-8-13/h6-9,13H2,1-5H3. The summed E-state index contributed by atoms with van der Waals surface area (Å²) >= 11 is 0. The first kappa shape index (κ1) is 12.9. The lowest BCUT2D eigenvalue weighted by Crippen LogP contribution is -2.61. The molecule has 1 heterocycles. The summed E-state index contributed by atoms with van der Waals surface area (Å²) in [5.41, 5.74) is 4.86. The molecule has 1 aliphatic heterocycles. The maximum Gasteiger partial charge on any atom is 0.0918 e. The summed E-state index contributed by atoms with van der Waals surface area (Å²) in [6.07, 6.45) is 1.94. The normalized spacial score (nSPS) is 34.0. The summed E-state index contributed by atoms with van der Waals surface area (Å²) in [4.78, 5) is 0. The fraction of sp³-hybridized carbons (Fsp3) is 1.00. The van der Waals surface area contributed by atoms with Crippen molar-refractivity contribution >= 4 is 0 Å². The molecule has 3 nitrogen and oxygen atoms in total. The van der Waals surface area contributed by atoms with Crippen LogP contribution in [0.1, 0.15) is 47.5 Å². The van der Waals surface area contributed by atoms with Crippen molar-refractivity contribution in [2.24, 2.45) is 5.73 Å². The molecular formula is C12H25NO2. The van der Waals surface area contributed by atoms with E-state index < -0.39 is 0 Å². The first-order valence-corrected chi connectivity index (χ1v) is 5.77. The molecule has 0 bridgehead atoms. The van der Waals surface area contributed by atoms with Crippen LogP contribution in [0.4, 0.5) is 0 Å². The quantitative estimate of drug-likeness (QED) is 0.784. The average molecular weight is 215 g/mol. The van der Waals surface area contributed by atoms with Gasteiger partial charge in [-0.05, 0) is 54.0 Å². The van der Waals surface area contributed by atoms with E-state index in [1.807, 2.05) is 0 Å². The van der Waals surface area contributed by atoms with E-state index >= 15 is 0 Å². The highest BCUT2D eigenvalue weighted by Gasteiger charge is 2.49. The predicted octanol–water partition coefficient (Wildman–Crippen LogP) is 2.09. The van der Waals surface area contributed by atoms with E-state index in [2.05, 4.69) is 34.6 Å². The molecule has 0 aliphatic carbocycles. The Kier molecular flexibility index (Phi) is 3.49. The lowest BCUT2D eigenvalue weighted by Gasteiger charge is -2.52. The van der Waals surface area contributed by atoms with Gasteiger partial charge in [-0.3, -0.25) is 0 Å². The Morgan fingerprint density at radius 1 is 1.07 bits per heavy atom. The molecule has 2 N–H and O–H groups in total. The average Bonchev–Trinajstić information content (AvgIpc) is 2.09. The molecule has 15 heavy (non-hydrogen) atoms. The van der Waals surface area contributed by atoms with Gasteiger partial charge in [0.25, 0.3) is 0 Å². The third-order valence-corrected chi connectivity index (χ3v) is 3.60. The highest BCUT2D eigenvalue weighted by Crippen LogP contribution is 2.40. The van der Waals surface area contributed by atoms with Gasteiger partial charge in [-0.2, -0.15) is 0 Å². The second-order valence-electron chi connectivity index (χ2n) is 5.75. The Hall–Kier alpha value is -0.120. The van der Waals surface area contributed by atoms with Crippen LogP contribution in [0, 0.1) is 0 Å². The van der Waals surface area contributed by atoms with Crippen LogP contribution in [0.25, 0.3) is 0 Å². The molecule has 1 aliphatic rings. The molecule has 0 spiro atoms. The molecule has 0 aromatic heterocycles. The van der Waals surface area contributed by atoms with Gasteiger partial charge in [0, 0.05) is 0 Å². The summed E-state index contributed by atoms with van der Waals surface area (Å²) < 4.78 is 12.1. The van der Waals surface area contributed by atoms with E-state index in [-0.39, 0.29) is 16.8 Å². The van der Waals surface area contributed by atoms with Gasteiger partial charge in [0.15, 0.2) is 0 Å². The van der Waals surface area contributed by atoms with Crippen molar-refractivity contribution < 1.29 is 9.47 Å². The Balaban J connectivity index is 2.68. The molecule has 3 heteroatoms. The number of hydrogen-bond acceptors (Lipinski definition) is 3. The van der Waals surface area contributed by atoms with E-state index in [4.69, 9.17) is 15.2 Å². The van der Waals surface area contributed by atoms with Gasteiger partial charge in [0.1, 0.15) is 0 Å². The zero-order valence-electron chi connectivity index (χ0n) is 10.7. The second kappa shape index (κ2) is 4.04. The van der Waals surface area contributed by atoms with Crippen molar-refractivity contribution in [2.75, 3.05) is 13.2 Å². The smallest absolute Gasteiger partial charge is 0.0918 e. The summed E-state index contributed by atoms with van der Waals surface area (Å²) in [7, 11) is 0. The third kappa shape index (κ3) is 2.71. The van der Waals surface area contributed by atoms with E-state index in [0.29, 0.717) is 13.2 Å². The van der Waals surface area contributed by atoms with Crippen molar-refractivity contribution in [2.45, 2.75) is 64.3 Å². The Morgan fingerprint density at radius 2 is 1.67 bits per heavy atom. The highest BCUT2D eigenvalue weighted by molar-refractivity contribution is 4.97. The predicted molar refractivity (Wildman–Crippen MR) is 61.9 cm³/mol. The Labute approximate surface area is 93.3 Å². The zero-order chi connectivity index (χ0) is 11.7. The van der Waals surface area contributed by atoms with Gasteiger partial charge >= 0.3 is 0 Å². The van der Waals surface area contributed by atoms with Crippen LogP contribution < -0.4 is 5.73 Å². The molecule has 1 unspecified atom stereocenters. The summed E-state index contributed by atoms with van der Waals surface area (Å²) in [5.74, 6) is 0. The first-order chi connectivity index (χ1) is 6.72. The minimum atomic E-state index is -0.255. The molecule has 90 valence electrons. The largest absolute Gasteiger partial charge is 0.370 e. The topological polar surface area (TPSA) is 44.5 Å². The summed E-state index contributed by atoms with van der Waals surface area (Å²) in [6.45, 7) is 11.8. The first-order valence-electron chi connectivity index (χ1n) is 5.77. The van der Waals surface area contributed by atoms with Crippen molar-refractivity contribution in [3.63, 3.8) is 0 Å². The number of nitrogens with two attached hydrogens (primary N) is 1. The van der Waals surface area contributed by atoms with Crippen LogP contribution in [0.3, 0.4) is 0 Å². The SMILES string of the molecule is CC1(CCCN)COC(C)(C)C(C)(C)O1. The van der Waals surface area contributed by atoms with E-state index in [0.717, 1.165) is 12.8 Å². The molecule has 1 rings (SSSR count). The monoisotopic (exact) mass is 215 g/mol. The minimum Gasteiger partial charge on any atom is -0.370 e. The molecule has 0 aromatic carbocycles. The molecule has 1 atom stereocenters.